The molecular weight excluding hydrogens is 100 g/mol. The van der Waals surface area contributed by atoms with Crippen LogP contribution in [0.4, 0.5) is 0 Å². The van der Waals surface area contributed by atoms with E-state index in [1.54, 1.807) is 12.2 Å². The summed E-state index contributed by atoms with van der Waals surface area (Å²) in [6, 6.07) is 0. The Morgan fingerprint density at radius 2 is 1.88 bits per heavy atom. The van der Waals surface area contributed by atoms with E-state index in [2.05, 4.69) is 6.58 Å². The minimum atomic E-state index is 0.583. The van der Waals surface area contributed by atoms with Gasteiger partial charge < -0.3 is 11.5 Å². The average Bonchev–Trinajstić information content (AvgIpc) is 1.88. The van der Waals surface area contributed by atoms with Crippen LogP contribution in [0.2, 0.25) is 0 Å². The average molecular weight is 114 g/mol. The van der Waals surface area contributed by atoms with E-state index in [9.17, 15) is 0 Å². The maximum atomic E-state index is 4.91. The second kappa shape index (κ2) is 16.3. The standard InChI is InChI=1S/2C3H7N/c2*1-2-3-4/h2-3H,4H2,1H3;2H,1,3-4H2/b3-2+;. The molecule has 0 bridgehead atoms. The monoisotopic (exact) mass is 114 g/mol. The van der Waals surface area contributed by atoms with Crippen molar-refractivity contribution in [2.45, 2.75) is 6.92 Å². The zero-order valence-corrected chi connectivity index (χ0v) is 5.30. The van der Waals surface area contributed by atoms with Gasteiger partial charge in [0.2, 0.25) is 0 Å². The van der Waals surface area contributed by atoms with Crippen LogP contribution in [-0.2, 0) is 0 Å². The number of hydrogen-bond donors (Lipinski definition) is 2. The van der Waals surface area contributed by atoms with Gasteiger partial charge in [-0.05, 0) is 13.1 Å². The summed E-state index contributed by atoms with van der Waals surface area (Å²) in [5.41, 5.74) is 9.76. The van der Waals surface area contributed by atoms with E-state index in [0.29, 0.717) is 6.54 Å². The van der Waals surface area contributed by atoms with Gasteiger partial charge in [-0.15, -0.1) is 6.58 Å². The molecule has 0 heterocycles. The molecule has 0 aromatic heterocycles. The van der Waals surface area contributed by atoms with Crippen molar-refractivity contribution in [3.05, 3.63) is 24.9 Å². The van der Waals surface area contributed by atoms with Gasteiger partial charge in [-0.25, -0.2) is 0 Å². The highest BCUT2D eigenvalue weighted by Crippen LogP contribution is 1.47. The maximum absolute atomic E-state index is 4.91. The Balaban J connectivity index is 0. The third-order valence-corrected chi connectivity index (χ3v) is 0.359. The molecule has 2 nitrogen and oxygen atoms in total. The van der Waals surface area contributed by atoms with Crippen molar-refractivity contribution in [1.29, 1.82) is 0 Å². The van der Waals surface area contributed by atoms with Gasteiger partial charge >= 0.3 is 0 Å². The van der Waals surface area contributed by atoms with Crippen molar-refractivity contribution in [1.82, 2.24) is 0 Å². The lowest BCUT2D eigenvalue weighted by Gasteiger charge is -1.61. The molecule has 0 radical (unpaired) electrons. The highest BCUT2D eigenvalue weighted by Gasteiger charge is 1.43. The number of nitrogens with two attached hydrogens (primary N) is 2. The van der Waals surface area contributed by atoms with Crippen LogP contribution in [0.25, 0.3) is 0 Å². The second-order valence-electron chi connectivity index (χ2n) is 1.05. The first-order valence-corrected chi connectivity index (χ1v) is 2.47. The molecule has 8 heavy (non-hydrogen) atoms. The normalized spacial score (nSPS) is 7.75. The van der Waals surface area contributed by atoms with E-state index in [4.69, 9.17) is 11.5 Å². The highest BCUT2D eigenvalue weighted by molar-refractivity contribution is 4.66. The Labute approximate surface area is 50.9 Å². The SMILES string of the molecule is C/C=C/N.C=CCN. The fourth-order valence-corrected chi connectivity index (χ4v) is 0. The molecule has 0 aliphatic heterocycles. The molecule has 0 saturated carbocycles. The van der Waals surface area contributed by atoms with Crippen LogP contribution in [0.15, 0.2) is 24.9 Å². The lowest BCUT2D eigenvalue weighted by molar-refractivity contribution is 1.26. The van der Waals surface area contributed by atoms with Crippen molar-refractivity contribution in [3.8, 4) is 0 Å². The Morgan fingerprint density at radius 1 is 1.62 bits per heavy atom. The number of allylic oxidation sites excluding steroid dienone is 1. The highest BCUT2D eigenvalue weighted by atomic mass is 14.5. The van der Waals surface area contributed by atoms with E-state index in [0.717, 1.165) is 0 Å². The zero-order chi connectivity index (χ0) is 6.83. The van der Waals surface area contributed by atoms with Crippen LogP contribution in [0.5, 0.6) is 0 Å². The predicted octanol–water partition coefficient (Wildman–Crippen LogP) is 0.610. The number of rotatable bonds is 1. The molecule has 0 aromatic rings. The Morgan fingerprint density at radius 3 is 1.88 bits per heavy atom. The molecule has 0 fully saturated rings. The summed E-state index contributed by atoms with van der Waals surface area (Å²) in [7, 11) is 0. The van der Waals surface area contributed by atoms with Crippen molar-refractivity contribution in [2.24, 2.45) is 11.5 Å². The van der Waals surface area contributed by atoms with Crippen LogP contribution in [0, 0.1) is 0 Å². The van der Waals surface area contributed by atoms with Crippen LogP contribution in [0.3, 0.4) is 0 Å². The fourth-order valence-electron chi connectivity index (χ4n) is 0. The predicted molar refractivity (Wildman–Crippen MR) is 38.3 cm³/mol. The molecule has 0 rings (SSSR count). The Kier molecular flexibility index (Phi) is 20.9. The molecule has 48 valence electrons. The molecule has 2 heteroatoms. The molecule has 0 amide bonds. The van der Waals surface area contributed by atoms with Crippen molar-refractivity contribution in [2.75, 3.05) is 6.54 Å². The summed E-state index contributed by atoms with van der Waals surface area (Å²) in [6.45, 7) is 5.81. The van der Waals surface area contributed by atoms with E-state index < -0.39 is 0 Å². The third-order valence-electron chi connectivity index (χ3n) is 0.359. The molecule has 4 N–H and O–H groups in total. The molecule has 0 saturated heterocycles. The van der Waals surface area contributed by atoms with Gasteiger partial charge in [-0.1, -0.05) is 12.2 Å². The van der Waals surface area contributed by atoms with Gasteiger partial charge in [0.25, 0.3) is 0 Å². The van der Waals surface area contributed by atoms with Gasteiger partial charge in [0.1, 0.15) is 0 Å². The van der Waals surface area contributed by atoms with E-state index in [1.165, 1.54) is 6.20 Å². The maximum Gasteiger partial charge on any atom is 0.0104 e. The van der Waals surface area contributed by atoms with Crippen LogP contribution in [0.1, 0.15) is 6.92 Å². The molecule has 0 spiro atoms. The summed E-state index contributed by atoms with van der Waals surface area (Å²) in [6.07, 6.45) is 4.93. The third kappa shape index (κ3) is 61.3. The molecule has 0 aromatic carbocycles. The Hall–Kier alpha value is -0.760. The van der Waals surface area contributed by atoms with Gasteiger partial charge in [0, 0.05) is 6.54 Å². The largest absolute Gasteiger partial charge is 0.405 e. The first-order valence-electron chi connectivity index (χ1n) is 2.47. The molecule has 0 atom stereocenters. The minimum Gasteiger partial charge on any atom is -0.405 e. The second-order valence-corrected chi connectivity index (χ2v) is 1.05. The van der Waals surface area contributed by atoms with Gasteiger partial charge in [-0.2, -0.15) is 0 Å². The summed E-state index contributed by atoms with van der Waals surface area (Å²) in [5, 5.41) is 0. The number of hydrogen-bond acceptors (Lipinski definition) is 2. The summed E-state index contributed by atoms with van der Waals surface area (Å²) < 4.78 is 0. The van der Waals surface area contributed by atoms with Gasteiger partial charge in [0.05, 0.1) is 0 Å². The van der Waals surface area contributed by atoms with Crippen LogP contribution < -0.4 is 11.5 Å². The lowest BCUT2D eigenvalue weighted by atomic mass is 10.7. The quantitative estimate of drug-likeness (QED) is 0.491. The first-order chi connectivity index (χ1) is 3.83. The van der Waals surface area contributed by atoms with Gasteiger partial charge in [0.15, 0.2) is 0 Å². The van der Waals surface area contributed by atoms with E-state index >= 15 is 0 Å². The van der Waals surface area contributed by atoms with Crippen molar-refractivity contribution < 1.29 is 0 Å². The molecule has 0 aliphatic carbocycles. The fraction of sp³-hybridized carbons (Fsp3) is 0.333. The van der Waals surface area contributed by atoms with Crippen LogP contribution >= 0.6 is 0 Å². The van der Waals surface area contributed by atoms with E-state index in [1.807, 2.05) is 6.92 Å². The topological polar surface area (TPSA) is 52.0 Å². The zero-order valence-electron chi connectivity index (χ0n) is 5.30. The van der Waals surface area contributed by atoms with Gasteiger partial charge in [-0.3, -0.25) is 0 Å². The smallest absolute Gasteiger partial charge is 0.0104 e. The van der Waals surface area contributed by atoms with Crippen molar-refractivity contribution >= 4 is 0 Å². The lowest BCUT2D eigenvalue weighted by Crippen LogP contribution is -1.90. The molecule has 0 unspecified atom stereocenters. The van der Waals surface area contributed by atoms with Crippen molar-refractivity contribution in [3.63, 3.8) is 0 Å². The summed E-state index contributed by atoms with van der Waals surface area (Å²) in [5.74, 6) is 0. The van der Waals surface area contributed by atoms with Crippen LogP contribution in [-0.4, -0.2) is 6.54 Å². The minimum absolute atomic E-state index is 0.583. The molecule has 0 aliphatic rings. The molecular formula is C6H14N2. The first kappa shape index (κ1) is 10.3. The van der Waals surface area contributed by atoms with E-state index in [-0.39, 0.29) is 0 Å². The summed E-state index contributed by atoms with van der Waals surface area (Å²) >= 11 is 0. The Bertz CT molecular complexity index is 53.5. The summed E-state index contributed by atoms with van der Waals surface area (Å²) in [4.78, 5) is 0.